The molecule has 6 nitrogen and oxygen atoms in total. The number of rotatable bonds is 6. The molecule has 0 bridgehead atoms. The molecule has 6 heteroatoms. The summed E-state index contributed by atoms with van der Waals surface area (Å²) in [4.78, 5) is 18.3. The Balaban J connectivity index is 1.44. The first kappa shape index (κ1) is 22.1. The van der Waals surface area contributed by atoms with E-state index in [2.05, 4.69) is 33.3 Å². The van der Waals surface area contributed by atoms with Crippen LogP contribution >= 0.6 is 0 Å². The summed E-state index contributed by atoms with van der Waals surface area (Å²) in [5.41, 5.74) is 4.55. The molecule has 0 saturated carbocycles. The molecule has 2 atom stereocenters. The Bertz CT molecular complexity index is 1150. The third-order valence-electron chi connectivity index (χ3n) is 7.00. The number of piperazine rings is 1. The van der Waals surface area contributed by atoms with Crippen LogP contribution in [0.5, 0.6) is 11.5 Å². The average molecular weight is 458 g/mol. The summed E-state index contributed by atoms with van der Waals surface area (Å²) in [5, 5.41) is 3.20. The maximum Gasteiger partial charge on any atom is 0.225 e. The standard InChI is InChI=1S/C28H31N3O3/c1-33-22-13-12-21-16-23(28(32)29-18-20-8-4-3-5-9-20)26-19-30(14-15-31(26)25(21)17-22)24-10-6-7-11-27(24)34-2/h3-13,17,23,26H,14-16,18-19H2,1-2H3,(H,29,32)/t23-,26+/m0/s1. The number of hydrogen-bond donors (Lipinski definition) is 1. The number of ether oxygens (including phenoxy) is 2. The van der Waals surface area contributed by atoms with Crippen LogP contribution in [-0.4, -0.2) is 45.8 Å². The van der Waals surface area contributed by atoms with E-state index in [9.17, 15) is 4.79 Å². The smallest absolute Gasteiger partial charge is 0.225 e. The van der Waals surface area contributed by atoms with E-state index in [1.807, 2.05) is 54.6 Å². The molecule has 2 aliphatic heterocycles. The lowest BCUT2D eigenvalue weighted by molar-refractivity contribution is -0.126. The number of hydrogen-bond acceptors (Lipinski definition) is 5. The minimum atomic E-state index is -0.151. The number of para-hydroxylation sites is 2. The second-order valence-corrected chi connectivity index (χ2v) is 8.89. The zero-order chi connectivity index (χ0) is 23.5. The topological polar surface area (TPSA) is 54.0 Å². The van der Waals surface area contributed by atoms with Gasteiger partial charge in [-0.25, -0.2) is 0 Å². The lowest BCUT2D eigenvalue weighted by atomic mass is 9.83. The minimum absolute atomic E-state index is 0.0500. The van der Waals surface area contributed by atoms with E-state index in [1.54, 1.807) is 14.2 Å². The Kier molecular flexibility index (Phi) is 6.30. The van der Waals surface area contributed by atoms with Gasteiger partial charge in [0.1, 0.15) is 11.5 Å². The van der Waals surface area contributed by atoms with E-state index in [0.29, 0.717) is 13.0 Å². The Morgan fingerprint density at radius 1 is 0.941 bits per heavy atom. The number of amides is 1. The van der Waals surface area contributed by atoms with E-state index in [1.165, 1.54) is 11.3 Å². The van der Waals surface area contributed by atoms with Crippen LogP contribution in [0.1, 0.15) is 11.1 Å². The van der Waals surface area contributed by atoms with E-state index in [-0.39, 0.29) is 17.9 Å². The van der Waals surface area contributed by atoms with Crippen LogP contribution in [-0.2, 0) is 17.8 Å². The van der Waals surface area contributed by atoms with Crippen molar-refractivity contribution in [2.24, 2.45) is 5.92 Å². The maximum absolute atomic E-state index is 13.5. The SMILES string of the molecule is COc1ccc2c(c1)N1CCN(c3ccccc3OC)C[C@@H]1[C@@H](C(=O)NCc1ccccc1)C2. The number of nitrogens with one attached hydrogen (secondary N) is 1. The average Bonchev–Trinajstić information content (AvgIpc) is 2.91. The molecule has 1 fully saturated rings. The lowest BCUT2D eigenvalue weighted by Crippen LogP contribution is -2.61. The zero-order valence-corrected chi connectivity index (χ0v) is 19.7. The Labute approximate surface area is 201 Å². The molecule has 1 amide bonds. The Morgan fingerprint density at radius 2 is 1.74 bits per heavy atom. The van der Waals surface area contributed by atoms with Crippen molar-refractivity contribution in [2.45, 2.75) is 19.0 Å². The molecule has 3 aromatic carbocycles. The normalized spacial score (nSPS) is 19.1. The highest BCUT2D eigenvalue weighted by Gasteiger charge is 2.42. The molecule has 1 N–H and O–H groups in total. The number of carbonyl (C=O) groups is 1. The third-order valence-corrected chi connectivity index (χ3v) is 7.00. The monoisotopic (exact) mass is 457 g/mol. The minimum Gasteiger partial charge on any atom is -0.497 e. The summed E-state index contributed by atoms with van der Waals surface area (Å²) < 4.78 is 11.1. The van der Waals surface area contributed by atoms with Gasteiger partial charge in [-0.1, -0.05) is 48.5 Å². The molecule has 0 unspecified atom stereocenters. The fourth-order valence-electron chi connectivity index (χ4n) is 5.23. The summed E-state index contributed by atoms with van der Waals surface area (Å²) in [6.45, 7) is 2.96. The van der Waals surface area contributed by atoms with Crippen molar-refractivity contribution in [1.29, 1.82) is 0 Å². The fourth-order valence-corrected chi connectivity index (χ4v) is 5.23. The summed E-state index contributed by atoms with van der Waals surface area (Å²) in [6.07, 6.45) is 0.709. The van der Waals surface area contributed by atoms with Gasteiger partial charge in [-0.2, -0.15) is 0 Å². The molecular weight excluding hydrogens is 426 g/mol. The number of anilines is 2. The van der Waals surface area contributed by atoms with Crippen LogP contribution in [0, 0.1) is 5.92 Å². The van der Waals surface area contributed by atoms with Crippen molar-refractivity contribution in [3.8, 4) is 11.5 Å². The van der Waals surface area contributed by atoms with Gasteiger partial charge >= 0.3 is 0 Å². The van der Waals surface area contributed by atoms with Crippen molar-refractivity contribution in [3.63, 3.8) is 0 Å². The van der Waals surface area contributed by atoms with E-state index >= 15 is 0 Å². The summed E-state index contributed by atoms with van der Waals surface area (Å²) in [5.74, 6) is 1.65. The van der Waals surface area contributed by atoms with Gasteiger partial charge in [-0.3, -0.25) is 4.79 Å². The van der Waals surface area contributed by atoms with Crippen LogP contribution in [0.4, 0.5) is 11.4 Å². The predicted molar refractivity (Wildman–Crippen MR) is 135 cm³/mol. The van der Waals surface area contributed by atoms with E-state index in [4.69, 9.17) is 9.47 Å². The maximum atomic E-state index is 13.5. The molecule has 0 aromatic heterocycles. The zero-order valence-electron chi connectivity index (χ0n) is 19.7. The quantitative estimate of drug-likeness (QED) is 0.609. The summed E-state index contributed by atoms with van der Waals surface area (Å²) >= 11 is 0. The van der Waals surface area contributed by atoms with Gasteiger partial charge in [0.25, 0.3) is 0 Å². The highest BCUT2D eigenvalue weighted by molar-refractivity contribution is 5.82. The summed E-state index contributed by atoms with van der Waals surface area (Å²) in [6, 6.07) is 24.4. The molecule has 0 aliphatic carbocycles. The van der Waals surface area contributed by atoms with Crippen molar-refractivity contribution in [1.82, 2.24) is 5.32 Å². The lowest BCUT2D eigenvalue weighted by Gasteiger charge is -2.49. The number of carbonyl (C=O) groups excluding carboxylic acids is 1. The summed E-state index contributed by atoms with van der Waals surface area (Å²) in [7, 11) is 3.40. The van der Waals surface area contributed by atoms with Crippen LogP contribution < -0.4 is 24.6 Å². The number of benzene rings is 3. The Hall–Kier alpha value is -3.67. The highest BCUT2D eigenvalue weighted by atomic mass is 16.5. The van der Waals surface area contributed by atoms with Gasteiger partial charge in [0.05, 0.1) is 31.9 Å². The third kappa shape index (κ3) is 4.28. The molecule has 1 saturated heterocycles. The molecule has 3 aromatic rings. The first-order chi connectivity index (χ1) is 16.7. The highest BCUT2D eigenvalue weighted by Crippen LogP contribution is 2.40. The van der Waals surface area contributed by atoms with Gasteiger partial charge < -0.3 is 24.6 Å². The molecule has 0 radical (unpaired) electrons. The van der Waals surface area contributed by atoms with Gasteiger partial charge in [0, 0.05) is 37.9 Å². The van der Waals surface area contributed by atoms with Crippen LogP contribution in [0.25, 0.3) is 0 Å². The number of methoxy groups -OCH3 is 2. The van der Waals surface area contributed by atoms with Gasteiger partial charge in [-0.15, -0.1) is 0 Å². The molecule has 2 heterocycles. The number of fused-ring (bicyclic) bond motifs is 3. The molecule has 0 spiro atoms. The van der Waals surface area contributed by atoms with Crippen LogP contribution in [0.15, 0.2) is 72.8 Å². The molecule has 5 rings (SSSR count). The van der Waals surface area contributed by atoms with Crippen molar-refractivity contribution in [3.05, 3.63) is 83.9 Å². The second kappa shape index (κ2) is 9.67. The van der Waals surface area contributed by atoms with Gasteiger partial charge in [0.2, 0.25) is 5.91 Å². The van der Waals surface area contributed by atoms with Crippen molar-refractivity contribution < 1.29 is 14.3 Å². The van der Waals surface area contributed by atoms with E-state index in [0.717, 1.165) is 42.4 Å². The van der Waals surface area contributed by atoms with Crippen LogP contribution in [0.3, 0.4) is 0 Å². The fraction of sp³-hybridized carbons (Fsp3) is 0.321. The first-order valence-electron chi connectivity index (χ1n) is 11.8. The second-order valence-electron chi connectivity index (χ2n) is 8.89. The predicted octanol–water partition coefficient (Wildman–Crippen LogP) is 3.89. The van der Waals surface area contributed by atoms with Crippen molar-refractivity contribution in [2.75, 3.05) is 43.7 Å². The van der Waals surface area contributed by atoms with Crippen molar-refractivity contribution >= 4 is 17.3 Å². The van der Waals surface area contributed by atoms with Crippen LogP contribution in [0.2, 0.25) is 0 Å². The Morgan fingerprint density at radius 3 is 2.53 bits per heavy atom. The first-order valence-corrected chi connectivity index (χ1v) is 11.8. The van der Waals surface area contributed by atoms with E-state index < -0.39 is 0 Å². The molecule has 2 aliphatic rings. The van der Waals surface area contributed by atoms with Gasteiger partial charge in [0.15, 0.2) is 0 Å². The largest absolute Gasteiger partial charge is 0.497 e. The number of nitrogens with zero attached hydrogens (tertiary/aromatic N) is 2. The molecule has 176 valence electrons. The molecule has 34 heavy (non-hydrogen) atoms. The van der Waals surface area contributed by atoms with Gasteiger partial charge in [-0.05, 0) is 35.7 Å². The molecular formula is C28H31N3O3.